The van der Waals surface area contributed by atoms with Gasteiger partial charge >= 0.3 is 0 Å². The number of hydrogen-bond acceptors (Lipinski definition) is 3. The quantitative estimate of drug-likeness (QED) is 0.874. The fourth-order valence-electron chi connectivity index (χ4n) is 2.85. The molecule has 1 amide bonds. The number of benzene rings is 1. The molecule has 5 heteroatoms. The van der Waals surface area contributed by atoms with E-state index in [1.807, 2.05) is 25.1 Å². The van der Waals surface area contributed by atoms with Crippen LogP contribution >= 0.6 is 15.9 Å². The number of likely N-dealkylation sites (tertiary alicyclic amines) is 1. The van der Waals surface area contributed by atoms with Crippen LogP contribution in [0.4, 0.5) is 5.69 Å². The molecule has 0 spiro atoms. The Morgan fingerprint density at radius 3 is 2.95 bits per heavy atom. The lowest BCUT2D eigenvalue weighted by Gasteiger charge is -2.37. The largest absolute Gasteiger partial charge is 0.329 e. The minimum Gasteiger partial charge on any atom is -0.329 e. The summed E-state index contributed by atoms with van der Waals surface area (Å²) in [6.45, 7) is 6.26. The molecule has 116 valence electrons. The summed E-state index contributed by atoms with van der Waals surface area (Å²) in [6.07, 6.45) is 2.22. The fraction of sp³-hybridized carbons (Fsp3) is 0.562. The molecular formula is C16H24BrN3O. The van der Waals surface area contributed by atoms with E-state index in [1.54, 1.807) is 0 Å². The number of amides is 1. The highest BCUT2D eigenvalue weighted by atomic mass is 79.9. The van der Waals surface area contributed by atoms with Crippen molar-refractivity contribution in [1.29, 1.82) is 0 Å². The van der Waals surface area contributed by atoms with E-state index in [-0.39, 0.29) is 5.91 Å². The third kappa shape index (κ3) is 4.53. The van der Waals surface area contributed by atoms with Crippen LogP contribution < -0.4 is 11.1 Å². The van der Waals surface area contributed by atoms with Gasteiger partial charge in [0.15, 0.2) is 0 Å². The number of aryl methyl sites for hydroxylation is 1. The van der Waals surface area contributed by atoms with E-state index in [2.05, 4.69) is 33.1 Å². The Labute approximate surface area is 135 Å². The van der Waals surface area contributed by atoms with Gasteiger partial charge in [0.05, 0.1) is 12.2 Å². The number of halogens is 1. The smallest absolute Gasteiger partial charge is 0.238 e. The van der Waals surface area contributed by atoms with Crippen LogP contribution in [0.25, 0.3) is 0 Å². The van der Waals surface area contributed by atoms with Crippen molar-refractivity contribution in [2.45, 2.75) is 32.7 Å². The van der Waals surface area contributed by atoms with Gasteiger partial charge in [0, 0.05) is 17.1 Å². The van der Waals surface area contributed by atoms with Gasteiger partial charge in [-0.2, -0.15) is 0 Å². The van der Waals surface area contributed by atoms with Gasteiger partial charge in [-0.1, -0.05) is 13.0 Å². The summed E-state index contributed by atoms with van der Waals surface area (Å²) in [5.41, 5.74) is 7.82. The second-order valence-corrected chi connectivity index (χ2v) is 6.88. The first-order valence-electron chi connectivity index (χ1n) is 7.49. The van der Waals surface area contributed by atoms with Crippen LogP contribution in [-0.4, -0.2) is 36.5 Å². The van der Waals surface area contributed by atoms with E-state index in [4.69, 9.17) is 5.73 Å². The lowest BCUT2D eigenvalue weighted by molar-refractivity contribution is -0.118. The molecule has 1 heterocycles. The molecule has 2 unspecified atom stereocenters. The van der Waals surface area contributed by atoms with E-state index in [0.717, 1.165) is 35.1 Å². The van der Waals surface area contributed by atoms with Gasteiger partial charge in [-0.05, 0) is 65.9 Å². The number of piperidine rings is 1. The maximum Gasteiger partial charge on any atom is 0.238 e. The number of nitrogens with two attached hydrogens (primary N) is 1. The Morgan fingerprint density at radius 2 is 2.29 bits per heavy atom. The number of carbonyl (C=O) groups excluding carboxylic acids is 1. The predicted molar refractivity (Wildman–Crippen MR) is 90.3 cm³/mol. The molecule has 2 rings (SSSR count). The predicted octanol–water partition coefficient (Wildman–Crippen LogP) is 2.76. The van der Waals surface area contributed by atoms with Crippen molar-refractivity contribution in [2.75, 3.05) is 25.0 Å². The minimum absolute atomic E-state index is 0.0209. The van der Waals surface area contributed by atoms with Gasteiger partial charge in [-0.25, -0.2) is 0 Å². The number of nitrogens with one attached hydrogen (secondary N) is 1. The van der Waals surface area contributed by atoms with Gasteiger partial charge in [-0.15, -0.1) is 0 Å². The van der Waals surface area contributed by atoms with Crippen molar-refractivity contribution in [3.8, 4) is 0 Å². The van der Waals surface area contributed by atoms with Gasteiger partial charge in [-0.3, -0.25) is 9.69 Å². The molecular weight excluding hydrogens is 330 g/mol. The first-order valence-corrected chi connectivity index (χ1v) is 8.29. The molecule has 1 aromatic rings. The molecule has 2 atom stereocenters. The van der Waals surface area contributed by atoms with Crippen LogP contribution in [0.1, 0.15) is 25.3 Å². The highest BCUT2D eigenvalue weighted by molar-refractivity contribution is 9.10. The SMILES string of the molecule is Cc1ccc(NC(=O)CN2CCC(C)CC2CN)c(Br)c1. The molecule has 1 fully saturated rings. The molecule has 1 saturated heterocycles. The zero-order valence-corrected chi connectivity index (χ0v) is 14.3. The molecule has 0 radical (unpaired) electrons. The lowest BCUT2D eigenvalue weighted by Crippen LogP contribution is -2.49. The van der Waals surface area contributed by atoms with Gasteiger partial charge in [0.2, 0.25) is 5.91 Å². The Bertz CT molecular complexity index is 506. The fourth-order valence-corrected chi connectivity index (χ4v) is 3.44. The molecule has 1 aliphatic heterocycles. The van der Waals surface area contributed by atoms with E-state index in [0.29, 0.717) is 25.0 Å². The van der Waals surface area contributed by atoms with Crippen molar-refractivity contribution in [3.05, 3.63) is 28.2 Å². The third-order valence-electron chi connectivity index (χ3n) is 4.12. The van der Waals surface area contributed by atoms with Gasteiger partial charge < -0.3 is 11.1 Å². The number of nitrogens with zero attached hydrogens (tertiary/aromatic N) is 1. The molecule has 0 bridgehead atoms. The number of carbonyl (C=O) groups is 1. The summed E-state index contributed by atoms with van der Waals surface area (Å²) >= 11 is 3.49. The van der Waals surface area contributed by atoms with Crippen LogP contribution in [0.5, 0.6) is 0 Å². The van der Waals surface area contributed by atoms with E-state index >= 15 is 0 Å². The third-order valence-corrected chi connectivity index (χ3v) is 4.77. The van der Waals surface area contributed by atoms with Crippen LogP contribution in [0, 0.1) is 12.8 Å². The molecule has 1 aromatic carbocycles. The molecule has 0 aromatic heterocycles. The standard InChI is InChI=1S/C16H24BrN3O/c1-11-3-4-15(14(17)8-11)19-16(21)10-20-6-5-12(2)7-13(20)9-18/h3-4,8,12-13H,5-7,9-10,18H2,1-2H3,(H,19,21). The normalized spacial score (nSPS) is 23.0. The first kappa shape index (κ1) is 16.5. The van der Waals surface area contributed by atoms with Crippen molar-refractivity contribution < 1.29 is 4.79 Å². The summed E-state index contributed by atoms with van der Waals surface area (Å²) in [5, 5.41) is 2.97. The lowest BCUT2D eigenvalue weighted by atomic mass is 9.92. The monoisotopic (exact) mass is 353 g/mol. The highest BCUT2D eigenvalue weighted by Crippen LogP contribution is 2.24. The molecule has 4 nitrogen and oxygen atoms in total. The minimum atomic E-state index is 0.0209. The average Bonchev–Trinajstić information content (AvgIpc) is 2.44. The van der Waals surface area contributed by atoms with Crippen molar-refractivity contribution in [2.24, 2.45) is 11.7 Å². The number of anilines is 1. The van der Waals surface area contributed by atoms with Crippen molar-refractivity contribution in [3.63, 3.8) is 0 Å². The zero-order chi connectivity index (χ0) is 15.4. The number of hydrogen-bond donors (Lipinski definition) is 2. The molecule has 0 saturated carbocycles. The average molecular weight is 354 g/mol. The topological polar surface area (TPSA) is 58.4 Å². The Morgan fingerprint density at radius 1 is 1.52 bits per heavy atom. The Balaban J connectivity index is 1.94. The summed E-state index contributed by atoms with van der Waals surface area (Å²) in [6, 6.07) is 6.24. The Hall–Kier alpha value is -0.910. The summed E-state index contributed by atoms with van der Waals surface area (Å²) in [5.74, 6) is 0.719. The van der Waals surface area contributed by atoms with E-state index in [9.17, 15) is 4.79 Å². The zero-order valence-electron chi connectivity index (χ0n) is 12.7. The first-order chi connectivity index (χ1) is 9.99. The van der Waals surface area contributed by atoms with Crippen molar-refractivity contribution >= 4 is 27.5 Å². The second kappa shape index (κ2) is 7.38. The molecule has 21 heavy (non-hydrogen) atoms. The maximum atomic E-state index is 12.2. The van der Waals surface area contributed by atoms with Crippen molar-refractivity contribution in [1.82, 2.24) is 4.90 Å². The molecule has 0 aliphatic carbocycles. The summed E-state index contributed by atoms with van der Waals surface area (Å²) in [4.78, 5) is 14.5. The number of rotatable bonds is 4. The molecule has 3 N–H and O–H groups in total. The van der Waals surface area contributed by atoms with Crippen LogP contribution in [0.3, 0.4) is 0 Å². The summed E-state index contributed by atoms with van der Waals surface area (Å²) in [7, 11) is 0. The van der Waals surface area contributed by atoms with Crippen LogP contribution in [0.15, 0.2) is 22.7 Å². The van der Waals surface area contributed by atoms with Gasteiger partial charge in [0.1, 0.15) is 0 Å². The van der Waals surface area contributed by atoms with Gasteiger partial charge in [0.25, 0.3) is 0 Å². The summed E-state index contributed by atoms with van der Waals surface area (Å²) < 4.78 is 0.915. The van der Waals surface area contributed by atoms with E-state index in [1.165, 1.54) is 0 Å². The Kier molecular flexibility index (Phi) is 5.79. The van der Waals surface area contributed by atoms with Crippen LogP contribution in [-0.2, 0) is 4.79 Å². The van der Waals surface area contributed by atoms with E-state index < -0.39 is 0 Å². The highest BCUT2D eigenvalue weighted by Gasteiger charge is 2.26. The maximum absolute atomic E-state index is 12.2. The molecule has 1 aliphatic rings. The van der Waals surface area contributed by atoms with Crippen LogP contribution in [0.2, 0.25) is 0 Å². The second-order valence-electron chi connectivity index (χ2n) is 6.02.